The summed E-state index contributed by atoms with van der Waals surface area (Å²) < 4.78 is 28.3. The molecular formula is C31H37N3O5S. The number of rotatable bonds is 12. The topological polar surface area (TPSA) is 128 Å². The Kier molecular flexibility index (Phi) is 8.28. The van der Waals surface area contributed by atoms with E-state index in [2.05, 4.69) is 22.3 Å². The van der Waals surface area contributed by atoms with Crippen LogP contribution in [0.3, 0.4) is 0 Å². The first-order valence-electron chi connectivity index (χ1n) is 13.9. The van der Waals surface area contributed by atoms with Gasteiger partial charge in [0.25, 0.3) is 0 Å². The predicted octanol–water partition coefficient (Wildman–Crippen LogP) is 3.49. The molecule has 0 spiro atoms. The maximum atomic E-state index is 13.8. The molecule has 40 heavy (non-hydrogen) atoms. The van der Waals surface area contributed by atoms with Crippen molar-refractivity contribution in [2.45, 2.75) is 61.7 Å². The number of amides is 1. The number of nitrogens with one attached hydrogen (secondary N) is 3. The minimum atomic E-state index is -3.84. The number of fused-ring (bicyclic) bond motifs is 1. The largest absolute Gasteiger partial charge is 0.392 e. The van der Waals surface area contributed by atoms with Gasteiger partial charge in [0.2, 0.25) is 15.9 Å². The minimum Gasteiger partial charge on any atom is -0.392 e. The average molecular weight is 564 g/mol. The summed E-state index contributed by atoms with van der Waals surface area (Å²) in [6, 6.07) is 23.3. The zero-order valence-electron chi connectivity index (χ0n) is 22.6. The normalized spacial score (nSPS) is 24.2. The molecule has 1 fully saturated rings. The number of anilines is 1. The van der Waals surface area contributed by atoms with Gasteiger partial charge < -0.3 is 20.8 Å². The van der Waals surface area contributed by atoms with Crippen LogP contribution >= 0.6 is 0 Å². The van der Waals surface area contributed by atoms with Gasteiger partial charge in [-0.2, -0.15) is 0 Å². The van der Waals surface area contributed by atoms with Crippen molar-refractivity contribution < 1.29 is 23.4 Å². The van der Waals surface area contributed by atoms with Gasteiger partial charge in [-0.3, -0.25) is 4.79 Å². The molecule has 3 aromatic carbocycles. The smallest absolute Gasteiger partial charge is 0.240 e. The number of aliphatic hydroxyl groups is 2. The Labute approximate surface area is 235 Å². The number of hydrogen-bond acceptors (Lipinski definition) is 6. The summed E-state index contributed by atoms with van der Waals surface area (Å²) in [5, 5.41) is 28.0. The van der Waals surface area contributed by atoms with Crippen LogP contribution in [0.5, 0.6) is 0 Å². The number of aliphatic hydroxyl groups excluding tert-OH is 2. The lowest BCUT2D eigenvalue weighted by molar-refractivity contribution is -0.129. The molecule has 0 saturated heterocycles. The number of sulfonamides is 1. The Hall–Kier alpha value is -3.24. The van der Waals surface area contributed by atoms with Crippen molar-refractivity contribution in [1.29, 1.82) is 0 Å². The maximum absolute atomic E-state index is 13.8. The Balaban J connectivity index is 1.28. The molecule has 8 nitrogen and oxygen atoms in total. The molecule has 5 atom stereocenters. The molecule has 5 N–H and O–H groups in total. The standard InChI is InChI=1S/C31H37N3O5S/c1-2-16-32-23-12-14-25(15-13-23)40(38,39)33-20-24(35)18-31(19-27(31)21-8-4-3-5-9-21)30(37)34-29-26-11-7-6-10-22(26)17-28(29)36/h3-15,24,27-29,32-33,35-36H,2,16-20H2,1H3,(H,34,37)/t24-,27?,28+,29-,31?/m0/s1. The molecule has 0 aromatic heterocycles. The van der Waals surface area contributed by atoms with E-state index in [-0.39, 0.29) is 29.7 Å². The van der Waals surface area contributed by atoms with E-state index in [0.717, 1.165) is 35.3 Å². The summed E-state index contributed by atoms with van der Waals surface area (Å²) in [5.74, 6) is -0.351. The van der Waals surface area contributed by atoms with E-state index in [9.17, 15) is 23.4 Å². The first-order chi connectivity index (χ1) is 19.2. The molecular weight excluding hydrogens is 526 g/mol. The van der Waals surface area contributed by atoms with Crippen molar-refractivity contribution >= 4 is 21.6 Å². The summed E-state index contributed by atoms with van der Waals surface area (Å²) in [7, 11) is -3.84. The third kappa shape index (κ3) is 5.93. The second-order valence-corrected chi connectivity index (χ2v) is 12.7. The van der Waals surface area contributed by atoms with Crippen LogP contribution in [0.15, 0.2) is 83.8 Å². The van der Waals surface area contributed by atoms with Gasteiger partial charge in [0, 0.05) is 25.2 Å². The molecule has 1 amide bonds. The third-order valence-electron chi connectivity index (χ3n) is 8.07. The lowest BCUT2D eigenvalue weighted by Crippen LogP contribution is -2.42. The van der Waals surface area contributed by atoms with Gasteiger partial charge in [0.15, 0.2) is 0 Å². The van der Waals surface area contributed by atoms with Gasteiger partial charge in [0.05, 0.1) is 28.6 Å². The zero-order valence-corrected chi connectivity index (χ0v) is 23.4. The van der Waals surface area contributed by atoms with E-state index in [1.165, 1.54) is 12.1 Å². The van der Waals surface area contributed by atoms with E-state index < -0.39 is 33.7 Å². The fraction of sp³-hybridized carbons (Fsp3) is 0.387. The third-order valence-corrected chi connectivity index (χ3v) is 9.51. The molecule has 9 heteroatoms. The molecule has 0 aliphatic heterocycles. The molecule has 0 bridgehead atoms. The highest BCUT2D eigenvalue weighted by molar-refractivity contribution is 7.89. The molecule has 3 aromatic rings. The monoisotopic (exact) mass is 563 g/mol. The van der Waals surface area contributed by atoms with Crippen LogP contribution in [0.1, 0.15) is 54.8 Å². The molecule has 0 radical (unpaired) electrons. The maximum Gasteiger partial charge on any atom is 0.240 e. The van der Waals surface area contributed by atoms with E-state index in [0.29, 0.717) is 12.8 Å². The number of carbonyl (C=O) groups is 1. The Morgan fingerprint density at radius 3 is 2.45 bits per heavy atom. The van der Waals surface area contributed by atoms with Crippen molar-refractivity contribution in [3.8, 4) is 0 Å². The molecule has 2 aliphatic carbocycles. The minimum absolute atomic E-state index is 0.0885. The van der Waals surface area contributed by atoms with Crippen molar-refractivity contribution in [3.63, 3.8) is 0 Å². The zero-order chi connectivity index (χ0) is 28.3. The number of hydrogen-bond donors (Lipinski definition) is 5. The Bertz CT molecular complexity index is 1430. The fourth-order valence-corrected chi connectivity index (χ4v) is 6.91. The Morgan fingerprint density at radius 1 is 1.02 bits per heavy atom. The summed E-state index contributed by atoms with van der Waals surface area (Å²) in [4.78, 5) is 13.9. The highest BCUT2D eigenvalue weighted by Gasteiger charge is 2.61. The van der Waals surface area contributed by atoms with Crippen molar-refractivity contribution in [1.82, 2.24) is 10.0 Å². The predicted molar refractivity (Wildman–Crippen MR) is 154 cm³/mol. The quantitative estimate of drug-likeness (QED) is 0.230. The summed E-state index contributed by atoms with van der Waals surface area (Å²) in [5.41, 5.74) is 2.84. The average Bonchev–Trinajstić information content (AvgIpc) is 3.61. The van der Waals surface area contributed by atoms with Gasteiger partial charge in [-0.1, -0.05) is 61.5 Å². The number of benzene rings is 3. The van der Waals surface area contributed by atoms with Crippen LogP contribution < -0.4 is 15.4 Å². The van der Waals surface area contributed by atoms with E-state index in [1.807, 2.05) is 54.6 Å². The molecule has 212 valence electrons. The van der Waals surface area contributed by atoms with Gasteiger partial charge in [-0.25, -0.2) is 13.1 Å². The van der Waals surface area contributed by atoms with Gasteiger partial charge >= 0.3 is 0 Å². The van der Waals surface area contributed by atoms with Crippen molar-refractivity contribution in [3.05, 3.63) is 95.6 Å². The molecule has 5 rings (SSSR count). The van der Waals surface area contributed by atoms with E-state index >= 15 is 0 Å². The highest BCUT2D eigenvalue weighted by atomic mass is 32.2. The SMILES string of the molecule is CCCNc1ccc(S(=O)(=O)NC[C@@H](O)CC2(C(=O)N[C@H]3c4ccccc4C[C@H]3O)CC2c2ccccc2)cc1. The van der Waals surface area contributed by atoms with E-state index in [1.54, 1.807) is 12.1 Å². The van der Waals surface area contributed by atoms with Gasteiger partial charge in [0.1, 0.15) is 0 Å². The van der Waals surface area contributed by atoms with Gasteiger partial charge in [-0.15, -0.1) is 0 Å². The van der Waals surface area contributed by atoms with Crippen LogP contribution in [0.4, 0.5) is 5.69 Å². The summed E-state index contributed by atoms with van der Waals surface area (Å²) in [6.07, 6.45) is 0.233. The lowest BCUT2D eigenvalue weighted by atomic mass is 9.91. The van der Waals surface area contributed by atoms with Crippen molar-refractivity contribution in [2.24, 2.45) is 5.41 Å². The van der Waals surface area contributed by atoms with Crippen LogP contribution in [-0.2, 0) is 21.2 Å². The first-order valence-corrected chi connectivity index (χ1v) is 15.4. The fourth-order valence-electron chi connectivity index (χ4n) is 5.83. The summed E-state index contributed by atoms with van der Waals surface area (Å²) in [6.45, 7) is 2.63. The molecule has 2 unspecified atom stereocenters. The second-order valence-electron chi connectivity index (χ2n) is 10.9. The molecule has 2 aliphatic rings. The number of carbonyl (C=O) groups excluding carboxylic acids is 1. The molecule has 0 heterocycles. The second kappa shape index (κ2) is 11.7. The molecule has 1 saturated carbocycles. The lowest BCUT2D eigenvalue weighted by Gasteiger charge is -2.25. The Morgan fingerprint density at radius 2 is 1.73 bits per heavy atom. The van der Waals surface area contributed by atoms with E-state index in [4.69, 9.17) is 0 Å². The van der Waals surface area contributed by atoms with Crippen molar-refractivity contribution in [2.75, 3.05) is 18.4 Å². The van der Waals surface area contributed by atoms with Gasteiger partial charge in [-0.05, 0) is 66.1 Å². The van der Waals surface area contributed by atoms with Crippen LogP contribution in [0.2, 0.25) is 0 Å². The van der Waals surface area contributed by atoms with Crippen LogP contribution in [0, 0.1) is 5.41 Å². The summed E-state index contributed by atoms with van der Waals surface area (Å²) >= 11 is 0. The highest BCUT2D eigenvalue weighted by Crippen LogP contribution is 2.62. The first kappa shape index (κ1) is 28.3. The van der Waals surface area contributed by atoms with Crippen LogP contribution in [-0.4, -0.2) is 49.8 Å². The van der Waals surface area contributed by atoms with Crippen LogP contribution in [0.25, 0.3) is 0 Å².